The number of carbonyl (C=O) groups is 1. The summed E-state index contributed by atoms with van der Waals surface area (Å²) in [6, 6.07) is 7.32. The number of hydrogen-bond acceptors (Lipinski definition) is 3. The molecule has 0 bridgehead atoms. The highest BCUT2D eigenvalue weighted by Crippen LogP contribution is 2.20. The fourth-order valence-corrected chi connectivity index (χ4v) is 2.27. The van der Waals surface area contributed by atoms with Gasteiger partial charge in [0.25, 0.3) is 0 Å². The highest BCUT2D eigenvalue weighted by atomic mass is 35.5. The lowest BCUT2D eigenvalue weighted by atomic mass is 10.1. The van der Waals surface area contributed by atoms with E-state index < -0.39 is 5.97 Å². The summed E-state index contributed by atoms with van der Waals surface area (Å²) in [6.07, 6.45) is 1.81. The first-order valence-electron chi connectivity index (χ1n) is 6.05. The molecule has 0 fully saturated rings. The van der Waals surface area contributed by atoms with Gasteiger partial charge in [0.05, 0.1) is 10.6 Å². The molecule has 0 aliphatic rings. The number of benzene rings is 1. The Morgan fingerprint density at radius 3 is 2.67 bits per heavy atom. The van der Waals surface area contributed by atoms with Crippen LogP contribution in [0.1, 0.15) is 21.7 Å². The van der Waals surface area contributed by atoms with Crippen molar-refractivity contribution in [3.05, 3.63) is 64.3 Å². The fraction of sp³-hybridized carbons (Fsp3) is 0.0714. The SMILES string of the molecule is O=C(O)c1cc(Cl)c2nnc(Cc3ccc(F)cc3)n2c1. The lowest BCUT2D eigenvalue weighted by molar-refractivity contribution is 0.0696. The summed E-state index contributed by atoms with van der Waals surface area (Å²) in [5.41, 5.74) is 1.27. The van der Waals surface area contributed by atoms with Gasteiger partial charge >= 0.3 is 5.97 Å². The quantitative estimate of drug-likeness (QED) is 0.808. The number of halogens is 2. The van der Waals surface area contributed by atoms with Crippen molar-refractivity contribution >= 4 is 23.2 Å². The molecule has 0 saturated heterocycles. The van der Waals surface area contributed by atoms with Crippen LogP contribution in [0.15, 0.2) is 36.5 Å². The van der Waals surface area contributed by atoms with Crippen LogP contribution in [0.2, 0.25) is 5.02 Å². The molecule has 106 valence electrons. The molecule has 0 spiro atoms. The molecular formula is C14H9ClFN3O2. The number of nitrogens with zero attached hydrogens (tertiary/aromatic N) is 3. The molecule has 3 rings (SSSR count). The molecular weight excluding hydrogens is 297 g/mol. The predicted octanol–water partition coefficient (Wildman–Crippen LogP) is 2.81. The van der Waals surface area contributed by atoms with Gasteiger partial charge in [-0.3, -0.25) is 4.40 Å². The molecule has 1 N–H and O–H groups in total. The van der Waals surface area contributed by atoms with Crippen LogP contribution in [0.25, 0.3) is 5.65 Å². The van der Waals surface area contributed by atoms with Gasteiger partial charge < -0.3 is 5.11 Å². The van der Waals surface area contributed by atoms with Crippen molar-refractivity contribution in [1.29, 1.82) is 0 Å². The third kappa shape index (κ3) is 2.57. The van der Waals surface area contributed by atoms with Crippen molar-refractivity contribution in [2.24, 2.45) is 0 Å². The molecule has 21 heavy (non-hydrogen) atoms. The Morgan fingerprint density at radius 1 is 1.29 bits per heavy atom. The zero-order valence-corrected chi connectivity index (χ0v) is 11.4. The Bertz CT molecular complexity index is 830. The minimum Gasteiger partial charge on any atom is -0.478 e. The van der Waals surface area contributed by atoms with Crippen LogP contribution >= 0.6 is 11.6 Å². The van der Waals surface area contributed by atoms with Crippen molar-refractivity contribution in [2.75, 3.05) is 0 Å². The van der Waals surface area contributed by atoms with Gasteiger partial charge in [-0.15, -0.1) is 10.2 Å². The van der Waals surface area contributed by atoms with Crippen molar-refractivity contribution in [3.63, 3.8) is 0 Å². The summed E-state index contributed by atoms with van der Waals surface area (Å²) in [6.45, 7) is 0. The van der Waals surface area contributed by atoms with Crippen molar-refractivity contribution in [2.45, 2.75) is 6.42 Å². The van der Waals surface area contributed by atoms with Crippen LogP contribution < -0.4 is 0 Å². The van der Waals surface area contributed by atoms with Gasteiger partial charge in [0.2, 0.25) is 0 Å². The Balaban J connectivity index is 2.06. The van der Waals surface area contributed by atoms with Crippen molar-refractivity contribution in [3.8, 4) is 0 Å². The van der Waals surface area contributed by atoms with E-state index in [1.54, 1.807) is 12.1 Å². The molecule has 0 saturated carbocycles. The van der Waals surface area contributed by atoms with Crippen molar-refractivity contribution < 1.29 is 14.3 Å². The molecule has 5 nitrogen and oxygen atoms in total. The van der Waals surface area contributed by atoms with Crippen LogP contribution in [0.4, 0.5) is 4.39 Å². The number of fused-ring (bicyclic) bond motifs is 1. The minimum atomic E-state index is -1.08. The highest BCUT2D eigenvalue weighted by Gasteiger charge is 2.13. The Hall–Kier alpha value is -2.47. The zero-order chi connectivity index (χ0) is 15.0. The average Bonchev–Trinajstić information content (AvgIpc) is 2.85. The standard InChI is InChI=1S/C14H9ClFN3O2/c15-11-6-9(14(20)21)7-19-12(17-18-13(11)19)5-8-1-3-10(16)4-2-8/h1-4,6-7H,5H2,(H,20,21). The molecule has 0 amide bonds. The van der Waals surface area contributed by atoms with E-state index in [-0.39, 0.29) is 16.4 Å². The van der Waals surface area contributed by atoms with E-state index in [1.807, 2.05) is 0 Å². The number of aromatic carboxylic acids is 1. The van der Waals surface area contributed by atoms with E-state index in [0.717, 1.165) is 5.56 Å². The number of hydrogen-bond donors (Lipinski definition) is 1. The third-order valence-corrected chi connectivity index (χ3v) is 3.33. The Morgan fingerprint density at radius 2 is 2.00 bits per heavy atom. The average molecular weight is 306 g/mol. The molecule has 0 radical (unpaired) electrons. The first-order valence-corrected chi connectivity index (χ1v) is 6.43. The maximum Gasteiger partial charge on any atom is 0.337 e. The predicted molar refractivity (Wildman–Crippen MR) is 74.2 cm³/mol. The molecule has 2 aromatic heterocycles. The second-order valence-electron chi connectivity index (χ2n) is 4.49. The number of carboxylic acids is 1. The minimum absolute atomic E-state index is 0.0488. The molecule has 3 aromatic rings. The Labute approximate surface area is 123 Å². The van der Waals surface area contributed by atoms with Gasteiger partial charge in [0.1, 0.15) is 11.6 Å². The molecule has 2 heterocycles. The number of rotatable bonds is 3. The maximum absolute atomic E-state index is 12.9. The van der Waals surface area contributed by atoms with Gasteiger partial charge in [0.15, 0.2) is 5.65 Å². The molecule has 0 atom stereocenters. The smallest absolute Gasteiger partial charge is 0.337 e. The lowest BCUT2D eigenvalue weighted by Gasteiger charge is -2.03. The summed E-state index contributed by atoms with van der Waals surface area (Å²) in [4.78, 5) is 11.1. The van der Waals surface area contributed by atoms with E-state index in [9.17, 15) is 9.18 Å². The van der Waals surface area contributed by atoms with Gasteiger partial charge in [-0.1, -0.05) is 23.7 Å². The van der Waals surface area contributed by atoms with Crippen LogP contribution in [-0.4, -0.2) is 25.7 Å². The summed E-state index contributed by atoms with van der Waals surface area (Å²) >= 11 is 6.01. The van der Waals surface area contributed by atoms with Crippen LogP contribution in [0, 0.1) is 5.82 Å². The highest BCUT2D eigenvalue weighted by molar-refractivity contribution is 6.33. The van der Waals surface area contributed by atoms with E-state index in [4.69, 9.17) is 16.7 Å². The molecule has 7 heteroatoms. The van der Waals surface area contributed by atoms with Gasteiger partial charge in [-0.2, -0.15) is 0 Å². The summed E-state index contributed by atoms with van der Waals surface area (Å²) in [5, 5.41) is 17.2. The normalized spacial score (nSPS) is 11.0. The third-order valence-electron chi connectivity index (χ3n) is 3.05. The second kappa shape index (κ2) is 5.14. The van der Waals surface area contributed by atoms with Gasteiger partial charge in [-0.05, 0) is 23.8 Å². The van der Waals surface area contributed by atoms with E-state index in [2.05, 4.69) is 10.2 Å². The maximum atomic E-state index is 12.9. The van der Waals surface area contributed by atoms with Crippen LogP contribution in [0.3, 0.4) is 0 Å². The van der Waals surface area contributed by atoms with Crippen LogP contribution in [-0.2, 0) is 6.42 Å². The van der Waals surface area contributed by atoms with E-state index in [1.165, 1.54) is 28.8 Å². The van der Waals surface area contributed by atoms with Gasteiger partial charge in [0, 0.05) is 12.6 Å². The molecule has 0 unspecified atom stereocenters. The van der Waals surface area contributed by atoms with Gasteiger partial charge in [-0.25, -0.2) is 9.18 Å². The molecule has 1 aromatic carbocycles. The zero-order valence-electron chi connectivity index (χ0n) is 10.6. The van der Waals surface area contributed by atoms with Crippen molar-refractivity contribution in [1.82, 2.24) is 14.6 Å². The van der Waals surface area contributed by atoms with E-state index >= 15 is 0 Å². The molecule has 0 aliphatic carbocycles. The summed E-state index contributed by atoms with van der Waals surface area (Å²) in [7, 11) is 0. The first kappa shape index (κ1) is 13.5. The summed E-state index contributed by atoms with van der Waals surface area (Å²) in [5.74, 6) is -0.872. The lowest BCUT2D eigenvalue weighted by Crippen LogP contribution is -2.02. The topological polar surface area (TPSA) is 67.5 Å². The largest absolute Gasteiger partial charge is 0.478 e. The number of carboxylic acid groups (broad SMARTS) is 1. The van der Waals surface area contributed by atoms with Crippen LogP contribution in [0.5, 0.6) is 0 Å². The fourth-order valence-electron chi connectivity index (χ4n) is 2.02. The number of pyridine rings is 1. The number of aromatic nitrogens is 3. The Kier molecular flexibility index (Phi) is 3.31. The molecule has 0 aliphatic heterocycles. The van der Waals surface area contributed by atoms with E-state index in [0.29, 0.717) is 17.9 Å². The summed E-state index contributed by atoms with van der Waals surface area (Å²) < 4.78 is 14.4. The monoisotopic (exact) mass is 305 g/mol. The first-order chi connectivity index (χ1) is 10.0. The second-order valence-corrected chi connectivity index (χ2v) is 4.90.